The Hall–Kier alpha value is -0.850. The molecule has 1 aliphatic rings. The summed E-state index contributed by atoms with van der Waals surface area (Å²) in [6, 6.07) is 0. The van der Waals surface area contributed by atoms with Crippen LogP contribution in [0.5, 0.6) is 0 Å². The van der Waals surface area contributed by atoms with Crippen LogP contribution in [0.15, 0.2) is 4.99 Å². The number of likely N-dealkylation sites (tertiary alicyclic amines) is 1. The average Bonchev–Trinajstić information content (AvgIpc) is 2.66. The maximum Gasteiger partial charge on any atom is 0.193 e. The van der Waals surface area contributed by atoms with E-state index < -0.39 is 0 Å². The number of hydrogen-bond acceptors (Lipinski definition) is 4. The summed E-state index contributed by atoms with van der Waals surface area (Å²) in [4.78, 5) is 9.29. The van der Waals surface area contributed by atoms with Crippen molar-refractivity contribution in [3.8, 4) is 0 Å². The first-order valence-electron chi connectivity index (χ1n) is 10.0. The van der Waals surface area contributed by atoms with Crippen LogP contribution in [0.1, 0.15) is 46.0 Å². The zero-order valence-electron chi connectivity index (χ0n) is 16.9. The first kappa shape index (κ1) is 22.2. The van der Waals surface area contributed by atoms with Crippen LogP contribution in [0.25, 0.3) is 0 Å². The molecule has 0 amide bonds. The normalized spacial score (nSPS) is 16.7. The van der Waals surface area contributed by atoms with Crippen LogP contribution in [-0.2, 0) is 9.47 Å². The summed E-state index contributed by atoms with van der Waals surface area (Å²) in [5, 5.41) is 3.52. The number of unbranched alkanes of at least 4 members (excludes halogenated alkanes) is 1. The van der Waals surface area contributed by atoms with E-state index in [4.69, 9.17) is 9.47 Å². The van der Waals surface area contributed by atoms with Crippen molar-refractivity contribution in [3.63, 3.8) is 0 Å². The van der Waals surface area contributed by atoms with Gasteiger partial charge in [-0.15, -0.1) is 0 Å². The predicted molar refractivity (Wildman–Crippen MR) is 105 cm³/mol. The van der Waals surface area contributed by atoms with Gasteiger partial charge < -0.3 is 24.6 Å². The number of nitrogens with one attached hydrogen (secondary N) is 1. The van der Waals surface area contributed by atoms with Crippen LogP contribution in [0.4, 0.5) is 0 Å². The second-order valence-electron chi connectivity index (χ2n) is 6.61. The molecule has 0 radical (unpaired) electrons. The standard InChI is InChI=1S/C19H40N4O2/c1-5-22(6-2)13-8-7-12-21-19(20-3)23-14-10-18(11-15-23)25-17-9-16-24-4/h18H,5-17H2,1-4H3,(H,20,21). The molecule has 1 heterocycles. The number of aliphatic imine (C=N–C) groups is 1. The van der Waals surface area contributed by atoms with Crippen LogP contribution in [0, 0.1) is 0 Å². The van der Waals surface area contributed by atoms with Crippen molar-refractivity contribution < 1.29 is 9.47 Å². The molecule has 1 fully saturated rings. The highest BCUT2D eigenvalue weighted by atomic mass is 16.5. The Balaban J connectivity index is 2.15. The van der Waals surface area contributed by atoms with Crippen LogP contribution in [-0.4, -0.2) is 88.5 Å². The van der Waals surface area contributed by atoms with Crippen molar-refractivity contribution in [2.45, 2.75) is 52.1 Å². The minimum Gasteiger partial charge on any atom is -0.385 e. The largest absolute Gasteiger partial charge is 0.385 e. The lowest BCUT2D eigenvalue weighted by molar-refractivity contribution is 0.00991. The molecule has 1 aliphatic heterocycles. The van der Waals surface area contributed by atoms with Crippen molar-refractivity contribution in [3.05, 3.63) is 0 Å². The molecule has 6 nitrogen and oxygen atoms in total. The van der Waals surface area contributed by atoms with E-state index in [1.807, 2.05) is 7.05 Å². The van der Waals surface area contributed by atoms with Crippen molar-refractivity contribution in [1.29, 1.82) is 0 Å². The highest BCUT2D eigenvalue weighted by molar-refractivity contribution is 5.79. The Morgan fingerprint density at radius 3 is 2.44 bits per heavy atom. The predicted octanol–water partition coefficient (Wildman–Crippen LogP) is 2.20. The first-order valence-corrected chi connectivity index (χ1v) is 10.0. The number of hydrogen-bond donors (Lipinski definition) is 1. The molecule has 0 bridgehead atoms. The smallest absolute Gasteiger partial charge is 0.193 e. The molecule has 1 saturated heterocycles. The van der Waals surface area contributed by atoms with Gasteiger partial charge in [-0.3, -0.25) is 4.99 Å². The van der Waals surface area contributed by atoms with Crippen molar-refractivity contribution in [2.24, 2.45) is 4.99 Å². The third-order valence-electron chi connectivity index (χ3n) is 4.88. The quantitative estimate of drug-likeness (QED) is 0.330. The van der Waals surface area contributed by atoms with E-state index in [0.717, 1.165) is 71.2 Å². The minimum absolute atomic E-state index is 0.389. The van der Waals surface area contributed by atoms with E-state index in [9.17, 15) is 0 Å². The fourth-order valence-electron chi connectivity index (χ4n) is 3.22. The SMILES string of the molecule is CCN(CC)CCCCNC(=NC)N1CCC(OCCCOC)CC1. The molecule has 0 aromatic carbocycles. The molecule has 0 saturated carbocycles. The maximum atomic E-state index is 5.93. The molecule has 0 aromatic rings. The monoisotopic (exact) mass is 356 g/mol. The Labute approximate surface area is 154 Å². The van der Waals surface area contributed by atoms with Gasteiger partial charge in [0.05, 0.1) is 6.10 Å². The topological polar surface area (TPSA) is 49.3 Å². The summed E-state index contributed by atoms with van der Waals surface area (Å²) >= 11 is 0. The summed E-state index contributed by atoms with van der Waals surface area (Å²) in [5.41, 5.74) is 0. The van der Waals surface area contributed by atoms with E-state index in [0.29, 0.717) is 6.10 Å². The van der Waals surface area contributed by atoms with Crippen molar-refractivity contribution in [1.82, 2.24) is 15.1 Å². The highest BCUT2D eigenvalue weighted by Gasteiger charge is 2.21. The number of piperidine rings is 1. The molecule has 0 aliphatic carbocycles. The lowest BCUT2D eigenvalue weighted by Gasteiger charge is -2.34. The van der Waals surface area contributed by atoms with Gasteiger partial charge in [0.1, 0.15) is 0 Å². The highest BCUT2D eigenvalue weighted by Crippen LogP contribution is 2.14. The van der Waals surface area contributed by atoms with Gasteiger partial charge in [-0.2, -0.15) is 0 Å². The summed E-state index contributed by atoms with van der Waals surface area (Å²) in [7, 11) is 3.62. The molecular formula is C19H40N4O2. The Bertz CT molecular complexity index is 340. The van der Waals surface area contributed by atoms with E-state index in [2.05, 4.69) is 34.0 Å². The van der Waals surface area contributed by atoms with E-state index in [1.165, 1.54) is 19.4 Å². The van der Waals surface area contributed by atoms with Crippen LogP contribution < -0.4 is 5.32 Å². The van der Waals surface area contributed by atoms with E-state index in [1.54, 1.807) is 7.11 Å². The van der Waals surface area contributed by atoms with E-state index in [-0.39, 0.29) is 0 Å². The van der Waals surface area contributed by atoms with Gasteiger partial charge in [-0.05, 0) is 51.7 Å². The average molecular weight is 357 g/mol. The summed E-state index contributed by atoms with van der Waals surface area (Å²) in [6.45, 7) is 12.6. The molecule has 25 heavy (non-hydrogen) atoms. The van der Waals surface area contributed by atoms with Crippen LogP contribution in [0.3, 0.4) is 0 Å². The van der Waals surface area contributed by atoms with Gasteiger partial charge in [0.25, 0.3) is 0 Å². The van der Waals surface area contributed by atoms with Gasteiger partial charge >= 0.3 is 0 Å². The number of ether oxygens (including phenoxy) is 2. The second-order valence-corrected chi connectivity index (χ2v) is 6.61. The van der Waals surface area contributed by atoms with E-state index >= 15 is 0 Å². The van der Waals surface area contributed by atoms with Crippen LogP contribution >= 0.6 is 0 Å². The third kappa shape index (κ3) is 9.42. The lowest BCUT2D eigenvalue weighted by atomic mass is 10.1. The second kappa shape index (κ2) is 14.3. The molecule has 0 unspecified atom stereocenters. The van der Waals surface area contributed by atoms with Gasteiger partial charge in [0, 0.05) is 47.0 Å². The summed E-state index contributed by atoms with van der Waals surface area (Å²) < 4.78 is 11.0. The van der Waals surface area contributed by atoms with Crippen LogP contribution in [0.2, 0.25) is 0 Å². The molecule has 1 rings (SSSR count). The maximum absolute atomic E-state index is 5.93. The molecule has 1 N–H and O–H groups in total. The lowest BCUT2D eigenvalue weighted by Crippen LogP contribution is -2.47. The Kier molecular flexibility index (Phi) is 12.7. The first-order chi connectivity index (χ1) is 12.2. The Morgan fingerprint density at radius 1 is 1.12 bits per heavy atom. The molecular weight excluding hydrogens is 316 g/mol. The number of guanidine groups is 1. The number of rotatable bonds is 12. The fourth-order valence-corrected chi connectivity index (χ4v) is 3.22. The Morgan fingerprint density at radius 2 is 1.84 bits per heavy atom. The number of nitrogens with zero attached hydrogens (tertiary/aromatic N) is 3. The minimum atomic E-state index is 0.389. The van der Waals surface area contributed by atoms with Crippen molar-refractivity contribution in [2.75, 3.05) is 66.6 Å². The zero-order valence-corrected chi connectivity index (χ0v) is 16.9. The van der Waals surface area contributed by atoms with Crippen molar-refractivity contribution >= 4 is 5.96 Å². The molecule has 0 aromatic heterocycles. The number of methoxy groups -OCH3 is 1. The molecule has 6 heteroatoms. The molecule has 0 atom stereocenters. The molecule has 148 valence electrons. The van der Waals surface area contributed by atoms with Gasteiger partial charge in [0.15, 0.2) is 5.96 Å². The van der Waals surface area contributed by atoms with Gasteiger partial charge in [-0.25, -0.2) is 0 Å². The molecule has 0 spiro atoms. The fraction of sp³-hybridized carbons (Fsp3) is 0.947. The zero-order chi connectivity index (χ0) is 18.3. The summed E-state index contributed by atoms with van der Waals surface area (Å²) in [6.07, 6.45) is 5.95. The summed E-state index contributed by atoms with van der Waals surface area (Å²) in [5.74, 6) is 1.04. The third-order valence-corrected chi connectivity index (χ3v) is 4.88. The van der Waals surface area contributed by atoms with Gasteiger partial charge in [-0.1, -0.05) is 13.8 Å². The van der Waals surface area contributed by atoms with Gasteiger partial charge in [0.2, 0.25) is 0 Å².